The Morgan fingerprint density at radius 3 is 2.79 bits per heavy atom. The van der Waals surface area contributed by atoms with Gasteiger partial charge in [0.25, 0.3) is 0 Å². The molecule has 2 aliphatic rings. The average molecular weight is 450 g/mol. The Morgan fingerprint density at radius 2 is 2.07 bits per heavy atom. The summed E-state index contributed by atoms with van der Waals surface area (Å²) in [7, 11) is 0. The zero-order valence-corrected chi connectivity index (χ0v) is 18.1. The third-order valence-electron chi connectivity index (χ3n) is 5.36. The van der Waals surface area contributed by atoms with Crippen molar-refractivity contribution in [3.05, 3.63) is 39.4 Å². The van der Waals surface area contributed by atoms with E-state index in [9.17, 15) is 9.59 Å². The Kier molecular flexibility index (Phi) is 7.16. The number of ether oxygens (including phenoxy) is 2. The Morgan fingerprint density at radius 1 is 1.32 bits per heavy atom. The fourth-order valence-corrected chi connectivity index (χ4v) is 4.48. The SMILES string of the molecule is CCCCOC(=O)NC1CCC(/C=C2\COc3c(Br)cc(C)cc3C2=O)CC1. The van der Waals surface area contributed by atoms with E-state index in [1.54, 1.807) is 0 Å². The quantitative estimate of drug-likeness (QED) is 0.486. The standard InChI is InChI=1S/C22H28BrNO4/c1-3-4-9-27-22(26)24-17-7-5-15(6-8-17)12-16-13-28-21-18(20(16)25)10-14(2)11-19(21)23/h10-12,15,17H,3-9,13H2,1-2H3,(H,24,26)/b16-12+. The van der Waals surface area contributed by atoms with Crippen LogP contribution >= 0.6 is 15.9 Å². The van der Waals surface area contributed by atoms with E-state index >= 15 is 0 Å². The van der Waals surface area contributed by atoms with Crippen LogP contribution in [0.2, 0.25) is 0 Å². The molecule has 1 amide bonds. The first-order valence-electron chi connectivity index (χ1n) is 10.1. The molecule has 6 heteroatoms. The molecular weight excluding hydrogens is 422 g/mol. The van der Waals surface area contributed by atoms with Crippen LogP contribution in [0, 0.1) is 12.8 Å². The molecule has 0 atom stereocenters. The first-order valence-corrected chi connectivity index (χ1v) is 10.9. The minimum absolute atomic E-state index is 0.0606. The molecule has 0 unspecified atom stereocenters. The molecule has 0 radical (unpaired) electrons. The smallest absolute Gasteiger partial charge is 0.407 e. The zero-order chi connectivity index (χ0) is 20.1. The first kappa shape index (κ1) is 20.9. The molecule has 0 bridgehead atoms. The fourth-order valence-electron chi connectivity index (χ4n) is 3.79. The molecule has 1 aliphatic heterocycles. The lowest BCUT2D eigenvalue weighted by atomic mass is 9.84. The van der Waals surface area contributed by atoms with Gasteiger partial charge in [-0.15, -0.1) is 0 Å². The Balaban J connectivity index is 1.55. The van der Waals surface area contributed by atoms with Gasteiger partial charge in [0.1, 0.15) is 12.4 Å². The predicted octanol–water partition coefficient (Wildman–Crippen LogP) is 5.34. The Bertz CT molecular complexity index is 766. The summed E-state index contributed by atoms with van der Waals surface area (Å²) in [5.74, 6) is 1.04. The van der Waals surface area contributed by atoms with E-state index < -0.39 is 0 Å². The maximum Gasteiger partial charge on any atom is 0.407 e. The van der Waals surface area contributed by atoms with Gasteiger partial charge in [-0.1, -0.05) is 19.4 Å². The van der Waals surface area contributed by atoms with Gasteiger partial charge in [-0.2, -0.15) is 0 Å². The number of alkyl carbamates (subject to hydrolysis) is 1. The van der Waals surface area contributed by atoms with Gasteiger partial charge in [-0.3, -0.25) is 4.79 Å². The second-order valence-corrected chi connectivity index (χ2v) is 8.53. The highest BCUT2D eigenvalue weighted by molar-refractivity contribution is 9.10. The summed E-state index contributed by atoms with van der Waals surface area (Å²) in [6.07, 6.45) is 7.35. The van der Waals surface area contributed by atoms with Crippen LogP contribution in [0.4, 0.5) is 4.79 Å². The van der Waals surface area contributed by atoms with Crippen LogP contribution in [0.5, 0.6) is 5.75 Å². The monoisotopic (exact) mass is 449 g/mol. The molecule has 152 valence electrons. The number of carbonyl (C=O) groups is 2. The molecule has 0 saturated heterocycles. The van der Waals surface area contributed by atoms with Crippen LogP contribution in [0.1, 0.15) is 61.4 Å². The number of fused-ring (bicyclic) bond motifs is 1. The van der Waals surface area contributed by atoms with Crippen LogP contribution < -0.4 is 10.1 Å². The van der Waals surface area contributed by atoms with Gasteiger partial charge in [0.05, 0.1) is 16.6 Å². The number of aryl methyl sites for hydroxylation is 1. The molecule has 28 heavy (non-hydrogen) atoms. The lowest BCUT2D eigenvalue weighted by Crippen LogP contribution is -2.38. The van der Waals surface area contributed by atoms with Crippen LogP contribution in [0.25, 0.3) is 0 Å². The van der Waals surface area contributed by atoms with Gasteiger partial charge in [-0.25, -0.2) is 4.79 Å². The molecule has 1 N–H and O–H groups in total. The van der Waals surface area contributed by atoms with E-state index in [1.807, 2.05) is 19.1 Å². The topological polar surface area (TPSA) is 64.6 Å². The van der Waals surface area contributed by atoms with Gasteiger partial charge >= 0.3 is 6.09 Å². The minimum atomic E-state index is -0.316. The highest BCUT2D eigenvalue weighted by Crippen LogP contribution is 2.36. The number of Topliss-reactive ketones (excluding diaryl/α,β-unsaturated/α-hetero) is 1. The van der Waals surface area contributed by atoms with Crippen molar-refractivity contribution < 1.29 is 19.1 Å². The number of unbranched alkanes of at least 4 members (excludes halogenated alkanes) is 1. The average Bonchev–Trinajstić information content (AvgIpc) is 2.66. The molecule has 1 aromatic carbocycles. The lowest BCUT2D eigenvalue weighted by Gasteiger charge is -2.28. The third-order valence-corrected chi connectivity index (χ3v) is 5.95. The van der Waals surface area contributed by atoms with Gasteiger partial charge in [0.15, 0.2) is 5.78 Å². The number of halogens is 1. The molecule has 0 aromatic heterocycles. The van der Waals surface area contributed by atoms with E-state index in [1.165, 1.54) is 0 Å². The van der Waals surface area contributed by atoms with Crippen LogP contribution in [0.15, 0.2) is 28.3 Å². The normalized spacial score (nSPS) is 23.1. The molecule has 1 saturated carbocycles. The molecule has 1 heterocycles. The van der Waals surface area contributed by atoms with Crippen molar-refractivity contribution in [3.8, 4) is 5.75 Å². The van der Waals surface area contributed by atoms with Crippen molar-refractivity contribution in [1.82, 2.24) is 5.32 Å². The molecular formula is C22H28BrNO4. The largest absolute Gasteiger partial charge is 0.487 e. The molecule has 1 aromatic rings. The highest BCUT2D eigenvalue weighted by Gasteiger charge is 2.28. The van der Waals surface area contributed by atoms with E-state index in [-0.39, 0.29) is 17.9 Å². The number of ketones is 1. The van der Waals surface area contributed by atoms with Crippen molar-refractivity contribution in [2.75, 3.05) is 13.2 Å². The molecule has 1 fully saturated rings. The Labute approximate surface area is 175 Å². The molecule has 1 aliphatic carbocycles. The fraction of sp³-hybridized carbons (Fsp3) is 0.545. The number of amides is 1. The number of hydrogen-bond donors (Lipinski definition) is 1. The Hall–Kier alpha value is -1.82. The second kappa shape index (κ2) is 9.59. The number of carbonyl (C=O) groups excluding carboxylic acids is 2. The van der Waals surface area contributed by atoms with E-state index in [0.717, 1.165) is 54.1 Å². The summed E-state index contributed by atoms with van der Waals surface area (Å²) in [5.41, 5.74) is 2.40. The van der Waals surface area contributed by atoms with E-state index in [2.05, 4.69) is 34.2 Å². The first-order chi connectivity index (χ1) is 13.5. The highest BCUT2D eigenvalue weighted by atomic mass is 79.9. The molecule has 0 spiro atoms. The third kappa shape index (κ3) is 5.16. The lowest BCUT2D eigenvalue weighted by molar-refractivity contribution is 0.0997. The van der Waals surface area contributed by atoms with Gasteiger partial charge < -0.3 is 14.8 Å². The minimum Gasteiger partial charge on any atom is -0.487 e. The number of rotatable bonds is 5. The maximum absolute atomic E-state index is 12.9. The summed E-state index contributed by atoms with van der Waals surface area (Å²) in [6.45, 7) is 4.83. The van der Waals surface area contributed by atoms with E-state index in [0.29, 0.717) is 30.4 Å². The summed E-state index contributed by atoms with van der Waals surface area (Å²) >= 11 is 3.48. The number of allylic oxidation sites excluding steroid dienone is 1. The van der Waals surface area contributed by atoms with Gasteiger partial charge in [0.2, 0.25) is 0 Å². The number of nitrogens with one attached hydrogen (secondary N) is 1. The van der Waals surface area contributed by atoms with Crippen LogP contribution in [0.3, 0.4) is 0 Å². The van der Waals surface area contributed by atoms with Crippen molar-refractivity contribution >= 4 is 27.8 Å². The van der Waals surface area contributed by atoms with Crippen molar-refractivity contribution in [2.45, 2.75) is 58.4 Å². The molecule has 5 nitrogen and oxygen atoms in total. The summed E-state index contributed by atoms with van der Waals surface area (Å²) in [5, 5.41) is 2.96. The summed E-state index contributed by atoms with van der Waals surface area (Å²) < 4.78 is 11.8. The van der Waals surface area contributed by atoms with Gasteiger partial charge in [0, 0.05) is 11.6 Å². The van der Waals surface area contributed by atoms with Crippen molar-refractivity contribution in [2.24, 2.45) is 5.92 Å². The van der Waals surface area contributed by atoms with Crippen LogP contribution in [-0.2, 0) is 4.74 Å². The van der Waals surface area contributed by atoms with Crippen molar-refractivity contribution in [3.63, 3.8) is 0 Å². The van der Waals surface area contributed by atoms with E-state index in [4.69, 9.17) is 9.47 Å². The predicted molar refractivity (Wildman–Crippen MR) is 112 cm³/mol. The number of hydrogen-bond acceptors (Lipinski definition) is 4. The summed E-state index contributed by atoms with van der Waals surface area (Å²) in [6, 6.07) is 4.00. The van der Waals surface area contributed by atoms with Crippen molar-refractivity contribution in [1.29, 1.82) is 0 Å². The van der Waals surface area contributed by atoms with Gasteiger partial charge in [-0.05, 0) is 78.6 Å². The molecule has 3 rings (SSSR count). The zero-order valence-electron chi connectivity index (χ0n) is 16.6. The number of benzene rings is 1. The second-order valence-electron chi connectivity index (χ2n) is 7.68. The summed E-state index contributed by atoms with van der Waals surface area (Å²) in [4.78, 5) is 24.7. The van der Waals surface area contributed by atoms with Crippen LogP contribution in [-0.4, -0.2) is 31.1 Å². The maximum atomic E-state index is 12.9.